The summed E-state index contributed by atoms with van der Waals surface area (Å²) in [6.45, 7) is 0. The number of hydrogen-bond donors (Lipinski definition) is 2. The zero-order valence-electron chi connectivity index (χ0n) is 17.0. The van der Waals surface area contributed by atoms with Crippen molar-refractivity contribution in [2.24, 2.45) is 0 Å². The Morgan fingerprint density at radius 1 is 0.767 bits per heavy atom. The smallest absolute Gasteiger partial charge is 0.185 e. The number of methoxy groups -OCH3 is 2. The molecule has 154 valence electrons. The summed E-state index contributed by atoms with van der Waals surface area (Å²) in [6.07, 6.45) is 12.5. The Morgan fingerprint density at radius 2 is 1.20 bits per heavy atom. The number of phenolic OH excluding ortho intramolecular Hbond substituents is 2. The van der Waals surface area contributed by atoms with Crippen LogP contribution in [0.1, 0.15) is 24.0 Å². The van der Waals surface area contributed by atoms with Gasteiger partial charge in [-0.25, -0.2) is 0 Å². The number of carbonyl (C=O) groups excluding carboxylic acids is 1. The summed E-state index contributed by atoms with van der Waals surface area (Å²) in [5, 5.41) is 19.3. The maximum Gasteiger partial charge on any atom is 0.185 e. The van der Waals surface area contributed by atoms with Gasteiger partial charge in [0.2, 0.25) is 0 Å². The van der Waals surface area contributed by atoms with E-state index in [0.717, 1.165) is 22.3 Å². The van der Waals surface area contributed by atoms with Crippen molar-refractivity contribution in [1.29, 1.82) is 0 Å². The second kappa shape index (κ2) is 9.65. The van der Waals surface area contributed by atoms with Crippen molar-refractivity contribution in [3.8, 4) is 23.0 Å². The summed E-state index contributed by atoms with van der Waals surface area (Å²) in [6, 6.07) is 10.2. The highest BCUT2D eigenvalue weighted by atomic mass is 16.5. The summed E-state index contributed by atoms with van der Waals surface area (Å²) in [7, 11) is 3.00. The Labute approximate surface area is 175 Å². The van der Waals surface area contributed by atoms with E-state index in [-0.39, 0.29) is 17.3 Å². The van der Waals surface area contributed by atoms with Crippen molar-refractivity contribution in [3.63, 3.8) is 0 Å². The quantitative estimate of drug-likeness (QED) is 0.659. The molecule has 5 heteroatoms. The standard InChI is InChI=1S/C25H24O5/c1-29-23-15-17(9-13-21(23)26)5-3-7-19-11-12-20(25(19)28)8-4-6-18-10-14-22(27)24(16-18)30-2/h3-10,13-16,26-27H,11-12H2,1-2H3/b5-3+,6-4+,19-7-,20-8-. The molecule has 1 saturated carbocycles. The third-order valence-electron chi connectivity index (χ3n) is 4.83. The van der Waals surface area contributed by atoms with Gasteiger partial charge in [0, 0.05) is 11.1 Å². The van der Waals surface area contributed by atoms with Crippen molar-refractivity contribution < 1.29 is 24.5 Å². The zero-order chi connectivity index (χ0) is 21.5. The third-order valence-corrected chi connectivity index (χ3v) is 4.83. The fourth-order valence-corrected chi connectivity index (χ4v) is 3.17. The van der Waals surface area contributed by atoms with Crippen LogP contribution in [0.5, 0.6) is 23.0 Å². The molecule has 0 amide bonds. The number of hydrogen-bond acceptors (Lipinski definition) is 5. The molecule has 2 aromatic carbocycles. The molecule has 1 aliphatic rings. The molecule has 0 aromatic heterocycles. The number of rotatable bonds is 6. The van der Waals surface area contributed by atoms with Crippen LogP contribution in [0.4, 0.5) is 0 Å². The lowest BCUT2D eigenvalue weighted by Gasteiger charge is -2.03. The lowest BCUT2D eigenvalue weighted by Crippen LogP contribution is -1.94. The molecule has 5 nitrogen and oxygen atoms in total. The number of aromatic hydroxyl groups is 2. The van der Waals surface area contributed by atoms with Crippen molar-refractivity contribution in [3.05, 3.63) is 83.0 Å². The van der Waals surface area contributed by atoms with E-state index >= 15 is 0 Å². The molecule has 0 unspecified atom stereocenters. The maximum atomic E-state index is 12.6. The van der Waals surface area contributed by atoms with Gasteiger partial charge in [0.25, 0.3) is 0 Å². The molecule has 0 bridgehead atoms. The Balaban J connectivity index is 1.66. The summed E-state index contributed by atoms with van der Waals surface area (Å²) >= 11 is 0. The van der Waals surface area contributed by atoms with E-state index in [4.69, 9.17) is 9.47 Å². The van der Waals surface area contributed by atoms with Crippen LogP contribution in [-0.4, -0.2) is 30.2 Å². The Bertz CT molecular complexity index is 974. The third kappa shape index (κ3) is 5.00. The van der Waals surface area contributed by atoms with Gasteiger partial charge in [0.15, 0.2) is 28.8 Å². The van der Waals surface area contributed by atoms with Crippen LogP contribution in [0, 0.1) is 0 Å². The van der Waals surface area contributed by atoms with E-state index in [2.05, 4.69) is 0 Å². The molecule has 3 rings (SSSR count). The highest BCUT2D eigenvalue weighted by molar-refractivity contribution is 6.11. The molecule has 0 spiro atoms. The minimum atomic E-state index is 0.0517. The van der Waals surface area contributed by atoms with Crippen LogP contribution >= 0.6 is 0 Å². The van der Waals surface area contributed by atoms with Gasteiger partial charge in [0.05, 0.1) is 14.2 Å². The molecule has 0 aliphatic heterocycles. The highest BCUT2D eigenvalue weighted by Crippen LogP contribution is 2.29. The molecule has 0 heterocycles. The zero-order valence-corrected chi connectivity index (χ0v) is 17.0. The monoisotopic (exact) mass is 404 g/mol. The molecule has 0 atom stereocenters. The normalized spacial score (nSPS) is 16.9. The van der Waals surface area contributed by atoms with Crippen LogP contribution < -0.4 is 9.47 Å². The van der Waals surface area contributed by atoms with Crippen molar-refractivity contribution in [1.82, 2.24) is 0 Å². The van der Waals surface area contributed by atoms with Crippen molar-refractivity contribution in [2.45, 2.75) is 12.8 Å². The molecular weight excluding hydrogens is 380 g/mol. The van der Waals surface area contributed by atoms with Crippen LogP contribution in [0.25, 0.3) is 12.2 Å². The van der Waals surface area contributed by atoms with Crippen LogP contribution in [0.3, 0.4) is 0 Å². The minimum Gasteiger partial charge on any atom is -0.504 e. The fraction of sp³-hybridized carbons (Fsp3) is 0.160. The van der Waals surface area contributed by atoms with Crippen LogP contribution in [-0.2, 0) is 4.79 Å². The summed E-state index contributed by atoms with van der Waals surface area (Å²) < 4.78 is 10.2. The van der Waals surface area contributed by atoms with Crippen LogP contribution in [0.2, 0.25) is 0 Å². The predicted octanol–water partition coefficient (Wildman–Crippen LogP) is 5.06. The number of phenols is 2. The van der Waals surface area contributed by atoms with Crippen LogP contribution in [0.15, 0.2) is 71.8 Å². The molecule has 0 saturated heterocycles. The number of Topliss-reactive ketones (excluding diaryl/α,β-unsaturated/α-hetero) is 1. The van der Waals surface area contributed by atoms with Gasteiger partial charge in [-0.15, -0.1) is 0 Å². The SMILES string of the molecule is COc1cc(/C=C/C=C2/CC/C(=C/C=C/c3ccc(O)c(OC)c3)C2=O)ccc1O. The van der Waals surface area contributed by atoms with Gasteiger partial charge in [-0.3, -0.25) is 4.79 Å². The minimum absolute atomic E-state index is 0.0517. The van der Waals surface area contributed by atoms with Gasteiger partial charge in [-0.05, 0) is 48.2 Å². The first-order valence-electron chi connectivity index (χ1n) is 9.55. The number of benzene rings is 2. The van der Waals surface area contributed by atoms with Gasteiger partial charge < -0.3 is 19.7 Å². The largest absolute Gasteiger partial charge is 0.504 e. The maximum absolute atomic E-state index is 12.6. The predicted molar refractivity (Wildman–Crippen MR) is 118 cm³/mol. The molecule has 0 radical (unpaired) electrons. The van der Waals surface area contributed by atoms with Gasteiger partial charge in [-0.1, -0.05) is 48.6 Å². The van der Waals surface area contributed by atoms with Crippen molar-refractivity contribution in [2.75, 3.05) is 14.2 Å². The molecule has 2 aromatic rings. The van der Waals surface area contributed by atoms with E-state index in [9.17, 15) is 15.0 Å². The Kier molecular flexibility index (Phi) is 6.75. The number of ketones is 1. The molecule has 1 aliphatic carbocycles. The van der Waals surface area contributed by atoms with Gasteiger partial charge >= 0.3 is 0 Å². The number of ether oxygens (including phenoxy) is 2. The number of carbonyl (C=O) groups is 1. The summed E-state index contributed by atoms with van der Waals surface area (Å²) in [5.74, 6) is 1.05. The summed E-state index contributed by atoms with van der Waals surface area (Å²) in [4.78, 5) is 12.6. The van der Waals surface area contributed by atoms with Gasteiger partial charge in [-0.2, -0.15) is 0 Å². The number of allylic oxidation sites excluding steroid dienone is 6. The summed E-state index contributed by atoms with van der Waals surface area (Å²) in [5.41, 5.74) is 3.27. The average molecular weight is 404 g/mol. The van der Waals surface area contributed by atoms with E-state index in [0.29, 0.717) is 24.3 Å². The highest BCUT2D eigenvalue weighted by Gasteiger charge is 2.21. The molecule has 30 heavy (non-hydrogen) atoms. The first-order chi connectivity index (χ1) is 14.5. The first kappa shape index (κ1) is 21.0. The lowest BCUT2D eigenvalue weighted by molar-refractivity contribution is -0.111. The van der Waals surface area contributed by atoms with E-state index in [1.54, 1.807) is 36.4 Å². The van der Waals surface area contributed by atoms with Gasteiger partial charge in [0.1, 0.15) is 0 Å². The first-order valence-corrected chi connectivity index (χ1v) is 9.55. The van der Waals surface area contributed by atoms with Crippen molar-refractivity contribution >= 4 is 17.9 Å². The Morgan fingerprint density at radius 3 is 1.60 bits per heavy atom. The topological polar surface area (TPSA) is 76.0 Å². The van der Waals surface area contributed by atoms with E-state index < -0.39 is 0 Å². The lowest BCUT2D eigenvalue weighted by atomic mass is 10.1. The molecule has 1 fully saturated rings. The molecule has 2 N–H and O–H groups in total. The molecular formula is C25H24O5. The Hall–Kier alpha value is -3.73. The van der Waals surface area contributed by atoms with E-state index in [1.165, 1.54) is 14.2 Å². The van der Waals surface area contributed by atoms with E-state index in [1.807, 2.05) is 36.5 Å². The average Bonchev–Trinajstić information content (AvgIpc) is 3.10. The second-order valence-electron chi connectivity index (χ2n) is 6.79. The fourth-order valence-electron chi connectivity index (χ4n) is 3.17. The second-order valence-corrected chi connectivity index (χ2v) is 6.79.